The molecule has 1 aliphatic rings. The minimum atomic E-state index is -1.79. The van der Waals surface area contributed by atoms with E-state index in [4.69, 9.17) is 4.55 Å². The van der Waals surface area contributed by atoms with Crippen molar-refractivity contribution in [1.29, 1.82) is 0 Å². The Bertz CT molecular complexity index is 994. The molecule has 4 rings (SSSR count). The van der Waals surface area contributed by atoms with Crippen molar-refractivity contribution in [3.05, 3.63) is 70.4 Å². The Kier molecular flexibility index (Phi) is 5.67. The van der Waals surface area contributed by atoms with Crippen LogP contribution in [0, 0.1) is 13.8 Å². The van der Waals surface area contributed by atoms with Crippen LogP contribution >= 0.6 is 0 Å². The number of benzene rings is 2. The first-order valence-corrected chi connectivity index (χ1v) is 11.3. The quantitative estimate of drug-likeness (QED) is 0.580. The lowest BCUT2D eigenvalue weighted by Gasteiger charge is -2.36. The lowest BCUT2D eigenvalue weighted by molar-refractivity contribution is 0.141. The Morgan fingerprint density at radius 1 is 1.14 bits per heavy atom. The van der Waals surface area contributed by atoms with Gasteiger partial charge in [-0.1, -0.05) is 36.8 Å². The van der Waals surface area contributed by atoms with Gasteiger partial charge in [-0.25, -0.2) is 4.21 Å². The summed E-state index contributed by atoms with van der Waals surface area (Å²) < 4.78 is 20.2. The van der Waals surface area contributed by atoms with Crippen LogP contribution in [0.3, 0.4) is 0 Å². The van der Waals surface area contributed by atoms with Gasteiger partial charge < -0.3 is 9.54 Å². The minimum Gasteiger partial charge on any atom is -0.361 e. The Hall–Kier alpha value is -1.95. The second-order valence-corrected chi connectivity index (χ2v) is 8.88. The van der Waals surface area contributed by atoms with Crippen LogP contribution in [0.5, 0.6) is 0 Å². The van der Waals surface area contributed by atoms with Gasteiger partial charge in [0, 0.05) is 29.7 Å². The molecular formula is C23H28N2O2S. The SMILES string of the molecule is Cc1cc(C)c2[nH]ccc2c1CN1CCCCC1c1ccc(CS(=O)O)cc1. The zero-order valence-corrected chi connectivity index (χ0v) is 17.4. The molecule has 1 aliphatic heterocycles. The first-order chi connectivity index (χ1) is 13.5. The van der Waals surface area contributed by atoms with Crippen molar-refractivity contribution in [2.75, 3.05) is 6.54 Å². The number of rotatable bonds is 5. The van der Waals surface area contributed by atoms with E-state index in [0.717, 1.165) is 25.1 Å². The first kappa shape index (κ1) is 19.4. The highest BCUT2D eigenvalue weighted by molar-refractivity contribution is 7.78. The number of piperidine rings is 1. The van der Waals surface area contributed by atoms with E-state index in [1.54, 1.807) is 0 Å². The van der Waals surface area contributed by atoms with E-state index >= 15 is 0 Å². The van der Waals surface area contributed by atoms with Gasteiger partial charge >= 0.3 is 0 Å². The summed E-state index contributed by atoms with van der Waals surface area (Å²) in [6.45, 7) is 6.44. The van der Waals surface area contributed by atoms with Crippen LogP contribution < -0.4 is 0 Å². The third-order valence-electron chi connectivity index (χ3n) is 6.00. The molecule has 5 heteroatoms. The van der Waals surface area contributed by atoms with Gasteiger partial charge in [-0.2, -0.15) is 0 Å². The summed E-state index contributed by atoms with van der Waals surface area (Å²) in [5.41, 5.74) is 7.54. The fraction of sp³-hybridized carbons (Fsp3) is 0.391. The molecule has 1 fully saturated rings. The Labute approximate surface area is 169 Å². The number of fused-ring (bicyclic) bond motifs is 1. The zero-order valence-electron chi connectivity index (χ0n) is 16.6. The molecule has 2 aromatic carbocycles. The molecule has 0 amide bonds. The van der Waals surface area contributed by atoms with Crippen LogP contribution in [-0.2, 0) is 23.4 Å². The largest absolute Gasteiger partial charge is 0.361 e. The van der Waals surface area contributed by atoms with E-state index in [-0.39, 0.29) is 5.75 Å². The maximum Gasteiger partial charge on any atom is 0.157 e. The molecule has 0 spiro atoms. The first-order valence-electron chi connectivity index (χ1n) is 9.99. The number of nitrogens with one attached hydrogen (secondary N) is 1. The third-order valence-corrected chi connectivity index (χ3v) is 6.59. The number of nitrogens with zero attached hydrogens (tertiary/aromatic N) is 1. The molecule has 1 saturated heterocycles. The molecule has 2 heterocycles. The normalized spacial score (nSPS) is 19.2. The molecule has 1 aromatic heterocycles. The monoisotopic (exact) mass is 396 g/mol. The van der Waals surface area contributed by atoms with Crippen molar-refractivity contribution in [3.63, 3.8) is 0 Å². The lowest BCUT2D eigenvalue weighted by Crippen LogP contribution is -2.33. The van der Waals surface area contributed by atoms with E-state index in [0.29, 0.717) is 6.04 Å². The molecule has 4 nitrogen and oxygen atoms in total. The van der Waals surface area contributed by atoms with Gasteiger partial charge in [0.15, 0.2) is 11.1 Å². The highest BCUT2D eigenvalue weighted by Gasteiger charge is 2.25. The van der Waals surface area contributed by atoms with Gasteiger partial charge in [0.1, 0.15) is 0 Å². The molecule has 2 unspecified atom stereocenters. The van der Waals surface area contributed by atoms with E-state index in [1.165, 1.54) is 46.0 Å². The Morgan fingerprint density at radius 3 is 2.68 bits per heavy atom. The number of aromatic amines is 1. The number of aromatic nitrogens is 1. The average molecular weight is 397 g/mol. The van der Waals surface area contributed by atoms with E-state index in [2.05, 4.69) is 48.0 Å². The molecular weight excluding hydrogens is 368 g/mol. The van der Waals surface area contributed by atoms with Crippen molar-refractivity contribution in [2.24, 2.45) is 0 Å². The van der Waals surface area contributed by atoms with Crippen molar-refractivity contribution in [3.8, 4) is 0 Å². The summed E-state index contributed by atoms with van der Waals surface area (Å²) in [5.74, 6) is 0.197. The van der Waals surface area contributed by atoms with Gasteiger partial charge in [-0.05, 0) is 67.1 Å². The Balaban J connectivity index is 1.62. The van der Waals surface area contributed by atoms with Crippen molar-refractivity contribution < 1.29 is 8.76 Å². The maximum absolute atomic E-state index is 11.1. The molecule has 3 aromatic rings. The van der Waals surface area contributed by atoms with Crippen LogP contribution in [0.4, 0.5) is 0 Å². The summed E-state index contributed by atoms with van der Waals surface area (Å²) in [6, 6.07) is 13.2. The van der Waals surface area contributed by atoms with Crippen molar-refractivity contribution in [1.82, 2.24) is 9.88 Å². The zero-order chi connectivity index (χ0) is 19.7. The average Bonchev–Trinajstić information content (AvgIpc) is 3.16. The molecule has 0 aliphatic carbocycles. The number of likely N-dealkylation sites (tertiary alicyclic amines) is 1. The van der Waals surface area contributed by atoms with Crippen LogP contribution in [0.15, 0.2) is 42.6 Å². The second kappa shape index (κ2) is 8.19. The molecule has 2 atom stereocenters. The summed E-state index contributed by atoms with van der Waals surface area (Å²) in [6.07, 6.45) is 5.68. The molecule has 0 saturated carbocycles. The number of aryl methyl sites for hydroxylation is 2. The number of hydrogen-bond donors (Lipinski definition) is 2. The number of H-pyrrole nitrogens is 1. The summed E-state index contributed by atoms with van der Waals surface area (Å²) in [7, 11) is 0. The van der Waals surface area contributed by atoms with Crippen LogP contribution in [0.2, 0.25) is 0 Å². The second-order valence-electron chi connectivity index (χ2n) is 7.94. The summed E-state index contributed by atoms with van der Waals surface area (Å²) in [4.78, 5) is 6.00. The fourth-order valence-electron chi connectivity index (χ4n) is 4.59. The van der Waals surface area contributed by atoms with Crippen LogP contribution in [-0.4, -0.2) is 25.2 Å². The Morgan fingerprint density at radius 2 is 1.93 bits per heavy atom. The standard InChI is InChI=1S/C23H28N2O2S/c1-16-13-17(2)23-20(10-11-24-23)21(16)14-25-12-4-3-5-22(25)19-8-6-18(7-9-19)15-28(26)27/h6-11,13,22,24H,3-5,12,14-15H2,1-2H3,(H,26,27). The van der Waals surface area contributed by atoms with Crippen molar-refractivity contribution in [2.45, 2.75) is 51.4 Å². The van der Waals surface area contributed by atoms with Gasteiger partial charge in [-0.15, -0.1) is 0 Å². The summed E-state index contributed by atoms with van der Waals surface area (Å²) in [5, 5.41) is 1.34. The summed E-state index contributed by atoms with van der Waals surface area (Å²) >= 11 is -1.79. The molecule has 0 radical (unpaired) electrons. The smallest absolute Gasteiger partial charge is 0.157 e. The predicted molar refractivity (Wildman–Crippen MR) is 116 cm³/mol. The van der Waals surface area contributed by atoms with Crippen molar-refractivity contribution >= 4 is 22.0 Å². The van der Waals surface area contributed by atoms with E-state index in [1.807, 2.05) is 18.3 Å². The maximum atomic E-state index is 11.1. The van der Waals surface area contributed by atoms with E-state index < -0.39 is 11.1 Å². The fourth-order valence-corrected chi connectivity index (χ4v) is 5.07. The van der Waals surface area contributed by atoms with Gasteiger partial charge in [0.05, 0.1) is 5.75 Å². The van der Waals surface area contributed by atoms with E-state index in [9.17, 15) is 4.21 Å². The lowest BCUT2D eigenvalue weighted by atomic mass is 9.92. The highest BCUT2D eigenvalue weighted by Crippen LogP contribution is 2.34. The predicted octanol–water partition coefficient (Wildman–Crippen LogP) is 5.23. The molecule has 0 bridgehead atoms. The highest BCUT2D eigenvalue weighted by atomic mass is 32.2. The van der Waals surface area contributed by atoms with Crippen LogP contribution in [0.25, 0.3) is 10.9 Å². The molecule has 148 valence electrons. The van der Waals surface area contributed by atoms with Crippen LogP contribution in [0.1, 0.15) is 53.1 Å². The minimum absolute atomic E-state index is 0.197. The molecule has 28 heavy (non-hydrogen) atoms. The third kappa shape index (κ3) is 3.93. The topological polar surface area (TPSA) is 56.3 Å². The molecule has 2 N–H and O–H groups in total. The van der Waals surface area contributed by atoms with Gasteiger partial charge in [0.25, 0.3) is 0 Å². The van der Waals surface area contributed by atoms with Gasteiger partial charge in [-0.3, -0.25) is 4.90 Å². The number of hydrogen-bond acceptors (Lipinski definition) is 2. The van der Waals surface area contributed by atoms with Gasteiger partial charge in [0.2, 0.25) is 0 Å².